The molecule has 0 aromatic heterocycles. The summed E-state index contributed by atoms with van der Waals surface area (Å²) < 4.78 is 33.6. The van der Waals surface area contributed by atoms with E-state index in [4.69, 9.17) is 28.4 Å². The van der Waals surface area contributed by atoms with E-state index < -0.39 is 83.3 Å². The lowest BCUT2D eigenvalue weighted by atomic mass is 9.64. The van der Waals surface area contributed by atoms with E-state index in [0.29, 0.717) is 53.6 Å². The highest BCUT2D eigenvalue weighted by molar-refractivity contribution is 6.24. The summed E-state index contributed by atoms with van der Waals surface area (Å²) in [6.07, 6.45) is -1.26. The molecule has 4 amide bonds. The van der Waals surface area contributed by atoms with Gasteiger partial charge in [0.1, 0.15) is 29.9 Å². The van der Waals surface area contributed by atoms with Gasteiger partial charge in [-0.25, -0.2) is 9.69 Å². The molecule has 11 rings (SSSR count). The first-order valence-electron chi connectivity index (χ1n) is 27.2. The first-order chi connectivity index (χ1) is 39.9. The van der Waals surface area contributed by atoms with E-state index in [9.17, 15) is 14.7 Å². The van der Waals surface area contributed by atoms with Gasteiger partial charge in [0.15, 0.2) is 17.4 Å². The average Bonchev–Trinajstić information content (AvgIpc) is 1.92. The normalized spacial score (nSPS) is 22.1. The number of rotatable bonds is 14. The molecule has 18 heteroatoms. The van der Waals surface area contributed by atoms with Gasteiger partial charge in [-0.15, -0.1) is 0 Å². The Bertz CT molecular complexity index is 3420. The molecule has 5 aliphatic rings. The van der Waals surface area contributed by atoms with Crippen molar-refractivity contribution in [1.82, 2.24) is 20.0 Å². The highest BCUT2D eigenvalue weighted by Crippen LogP contribution is 2.66. The zero-order valence-corrected chi connectivity index (χ0v) is 45.5. The Kier molecular flexibility index (Phi) is 15.8. The van der Waals surface area contributed by atoms with E-state index in [1.54, 1.807) is 54.3 Å². The number of urea groups is 1. The Morgan fingerprint density at radius 2 is 1.40 bits per heavy atom. The maximum atomic E-state index is 17.0. The summed E-state index contributed by atoms with van der Waals surface area (Å²) in [5.41, 5.74) is 2.24. The van der Waals surface area contributed by atoms with Crippen LogP contribution in [0, 0.1) is 23.7 Å². The fourth-order valence-corrected chi connectivity index (χ4v) is 12.4. The van der Waals surface area contributed by atoms with Crippen molar-refractivity contribution in [3.63, 3.8) is 0 Å². The minimum absolute atomic E-state index is 0.00325. The van der Waals surface area contributed by atoms with Gasteiger partial charge in [0.2, 0.25) is 18.6 Å². The molecule has 7 atom stereocenters. The average molecular weight is 1110 g/mol. The van der Waals surface area contributed by atoms with E-state index >= 15 is 19.2 Å². The van der Waals surface area contributed by atoms with Gasteiger partial charge in [-0.05, 0) is 82.8 Å². The van der Waals surface area contributed by atoms with E-state index in [0.717, 1.165) is 35.8 Å². The number of carbonyl (C=O) groups excluding carboxylic acids is 6. The molecule has 1 spiro atoms. The maximum absolute atomic E-state index is 17.0. The fourth-order valence-electron chi connectivity index (χ4n) is 12.4. The number of cyclic esters (lactones) is 1. The van der Waals surface area contributed by atoms with Gasteiger partial charge in [0.05, 0.1) is 50.6 Å². The number of piperazine rings is 1. The number of ether oxygens (including phenoxy) is 6. The number of hydrogen-bond donors (Lipinski definition) is 2. The quantitative estimate of drug-likeness (QED) is 0.0490. The number of carbonyl (C=O) groups is 6. The summed E-state index contributed by atoms with van der Waals surface area (Å²) in [5, 5.41) is 12.8. The molecule has 3 fully saturated rings. The number of nitrogens with zero attached hydrogens (tertiary/aromatic N) is 4. The number of imide groups is 1. The van der Waals surface area contributed by atoms with Crippen LogP contribution in [0.2, 0.25) is 0 Å². The van der Waals surface area contributed by atoms with Crippen LogP contribution in [0.3, 0.4) is 0 Å². The van der Waals surface area contributed by atoms with E-state index in [1.807, 2.05) is 114 Å². The number of anilines is 1. The number of benzene rings is 6. The zero-order valence-electron chi connectivity index (χ0n) is 45.5. The van der Waals surface area contributed by atoms with Crippen molar-refractivity contribution >= 4 is 41.4 Å². The highest BCUT2D eigenvalue weighted by atomic mass is 16.7. The summed E-state index contributed by atoms with van der Waals surface area (Å²) in [5.74, 6) is 1.17. The molecule has 2 N–H and O–H groups in total. The minimum atomic E-state index is -2.11. The van der Waals surface area contributed by atoms with Crippen molar-refractivity contribution in [2.75, 3.05) is 65.3 Å². The SMILES string of the molecule is COC(=O)C(CC#Cc1ccc2c(c1)[C@]1(C(=O)N2C(=O)N[C@H](C)c2ccccc2)[C@H](c2ccc(OCCO)cc2)N2[C@H](c3ccccc3)[C@H](c3ccccc3)OC(=O)[C@H]2[C@@H]1C(=O)N1CCN(Cc2ccc3c(c2)OCO3)CC1)C(=O)OC. The molecule has 6 aromatic rings. The van der Waals surface area contributed by atoms with Crippen molar-refractivity contribution in [2.45, 2.75) is 55.6 Å². The van der Waals surface area contributed by atoms with Gasteiger partial charge in [0.25, 0.3) is 0 Å². The van der Waals surface area contributed by atoms with Crippen LogP contribution >= 0.6 is 0 Å². The summed E-state index contributed by atoms with van der Waals surface area (Å²) >= 11 is 0. The summed E-state index contributed by atoms with van der Waals surface area (Å²) in [4.78, 5) is 97.5. The lowest BCUT2D eigenvalue weighted by Crippen LogP contribution is -2.59. The van der Waals surface area contributed by atoms with Crippen LogP contribution < -0.4 is 24.4 Å². The number of esters is 3. The number of nitrogens with one attached hydrogen (secondary N) is 1. The Balaban J connectivity index is 1.12. The molecule has 5 heterocycles. The maximum Gasteiger partial charge on any atom is 0.329 e. The van der Waals surface area contributed by atoms with Crippen molar-refractivity contribution in [3.05, 3.63) is 191 Å². The van der Waals surface area contributed by atoms with Crippen LogP contribution in [0.15, 0.2) is 152 Å². The molecule has 0 radical (unpaired) electrons. The molecule has 420 valence electrons. The van der Waals surface area contributed by atoms with Crippen LogP contribution in [0.1, 0.15) is 76.5 Å². The third kappa shape index (κ3) is 10.2. The van der Waals surface area contributed by atoms with Crippen molar-refractivity contribution < 1.29 is 62.3 Å². The first kappa shape index (κ1) is 54.9. The lowest BCUT2D eigenvalue weighted by Gasteiger charge is -2.46. The van der Waals surface area contributed by atoms with Crippen LogP contribution in [-0.2, 0) is 50.1 Å². The predicted molar refractivity (Wildman–Crippen MR) is 298 cm³/mol. The topological polar surface area (TPSA) is 203 Å². The second kappa shape index (κ2) is 23.6. The summed E-state index contributed by atoms with van der Waals surface area (Å²) in [6, 6.07) is 40.9. The highest BCUT2D eigenvalue weighted by Gasteiger charge is 2.76. The predicted octanol–water partition coefficient (Wildman–Crippen LogP) is 6.97. The molecular formula is C64H61N5O13. The fraction of sp³-hybridized carbons (Fsp3) is 0.312. The number of morpholine rings is 1. The molecule has 0 bridgehead atoms. The third-order valence-electron chi connectivity index (χ3n) is 16.2. The van der Waals surface area contributed by atoms with Gasteiger partial charge in [0, 0.05) is 44.7 Å². The Morgan fingerprint density at radius 1 is 0.744 bits per heavy atom. The number of methoxy groups -OCH3 is 2. The Hall–Kier alpha value is -9.02. The second-order valence-corrected chi connectivity index (χ2v) is 20.8. The Labute approximate surface area is 474 Å². The molecule has 0 saturated carbocycles. The van der Waals surface area contributed by atoms with Crippen molar-refractivity contribution in [2.24, 2.45) is 11.8 Å². The van der Waals surface area contributed by atoms with Gasteiger partial charge in [-0.1, -0.05) is 121 Å². The van der Waals surface area contributed by atoms with Crippen LogP contribution in [0.25, 0.3) is 0 Å². The molecule has 0 aliphatic carbocycles. The summed E-state index contributed by atoms with van der Waals surface area (Å²) in [7, 11) is 2.32. The third-order valence-corrected chi connectivity index (χ3v) is 16.2. The van der Waals surface area contributed by atoms with E-state index in [2.05, 4.69) is 22.1 Å². The largest absolute Gasteiger partial charge is 0.491 e. The number of amides is 4. The Morgan fingerprint density at radius 3 is 2.07 bits per heavy atom. The van der Waals surface area contributed by atoms with E-state index in [1.165, 1.54) is 0 Å². The first-order valence-corrected chi connectivity index (χ1v) is 27.2. The molecular weight excluding hydrogens is 1050 g/mol. The second-order valence-electron chi connectivity index (χ2n) is 20.8. The number of aliphatic hydroxyl groups excluding tert-OH is 1. The minimum Gasteiger partial charge on any atom is -0.491 e. The molecule has 82 heavy (non-hydrogen) atoms. The smallest absolute Gasteiger partial charge is 0.329 e. The summed E-state index contributed by atoms with van der Waals surface area (Å²) in [6.45, 7) is 3.58. The van der Waals surface area contributed by atoms with Gasteiger partial charge in [-0.3, -0.25) is 33.8 Å². The molecule has 18 nitrogen and oxygen atoms in total. The zero-order chi connectivity index (χ0) is 57.1. The van der Waals surface area contributed by atoms with Crippen LogP contribution in [-0.4, -0.2) is 122 Å². The number of hydrogen-bond acceptors (Lipinski definition) is 15. The van der Waals surface area contributed by atoms with Gasteiger partial charge < -0.3 is 43.7 Å². The standard InChI is InChI=1S/C64H61N5O13/c1-40(43-15-7-4-8-16-43)65-63(76)68-50-28-22-41(14-13-21-48(59(72)77-2)60(73)78-3)36-49(50)64(62(68)75)53(58(71)67-32-30-66(31-33-67)38-42-23-29-51-52(37-42)81-39-80-51)55-61(74)82-56(45-19-11-6-12-20-45)54(44-17-9-5-10-18-44)69(55)57(64)46-24-26-47(27-25-46)79-35-34-70/h4-12,15-20,22-29,36-37,40,48,53-57,70H,21,30-35,38-39H2,1-3H3,(H,65,76)/t40-,53-,54-,55-,56+,57+,64-/m1/s1. The van der Waals surface area contributed by atoms with Crippen molar-refractivity contribution in [1.29, 1.82) is 0 Å². The monoisotopic (exact) mass is 1110 g/mol. The van der Waals surface area contributed by atoms with E-state index in [-0.39, 0.29) is 50.8 Å². The number of aliphatic hydroxyl groups is 1. The van der Waals surface area contributed by atoms with Crippen molar-refractivity contribution in [3.8, 4) is 29.1 Å². The lowest BCUT2D eigenvalue weighted by molar-refractivity contribution is -0.179. The molecule has 5 aliphatic heterocycles. The number of fused-ring (bicyclic) bond motifs is 4. The van der Waals surface area contributed by atoms with Crippen LogP contribution in [0.4, 0.5) is 10.5 Å². The van der Waals surface area contributed by atoms with Gasteiger partial charge >= 0.3 is 23.9 Å². The molecule has 6 aromatic carbocycles. The molecule has 3 saturated heterocycles. The van der Waals surface area contributed by atoms with Gasteiger partial charge in [-0.2, -0.15) is 0 Å². The molecule has 0 unspecified atom stereocenters. The van der Waals surface area contributed by atoms with Crippen LogP contribution in [0.5, 0.6) is 17.2 Å².